The predicted octanol–water partition coefficient (Wildman–Crippen LogP) is 5.29. The number of aromatic nitrogens is 3. The molecule has 45 heavy (non-hydrogen) atoms. The summed E-state index contributed by atoms with van der Waals surface area (Å²) in [5.74, 6) is -0.914. The standard InChI is InChI=1S/C30H31F3N6O4S2/c1-4-38(5-2)45(42,43)25-14-12-21(13-15-25)28(41)34-18-26-36-37-29(39(26)24-11-7-9-22(17-24)30(31,32)33)44-19-27(40)35-23-10-6-8-20(3)16-23/h6-17H,4-5,18-19H2,1-3H3,(H,34,41)(H,35,40). The fourth-order valence-corrected chi connectivity index (χ4v) is 6.62. The number of thioether (sulfide) groups is 1. The van der Waals surface area contributed by atoms with Gasteiger partial charge in [-0.2, -0.15) is 17.5 Å². The lowest BCUT2D eigenvalue weighted by molar-refractivity contribution is -0.137. The van der Waals surface area contributed by atoms with Crippen LogP contribution in [0, 0.1) is 6.92 Å². The summed E-state index contributed by atoms with van der Waals surface area (Å²) in [4.78, 5) is 25.6. The van der Waals surface area contributed by atoms with Gasteiger partial charge in [0.25, 0.3) is 5.91 Å². The zero-order valence-corrected chi connectivity index (χ0v) is 26.3. The van der Waals surface area contributed by atoms with Crippen molar-refractivity contribution in [2.75, 3.05) is 24.2 Å². The van der Waals surface area contributed by atoms with E-state index in [1.807, 2.05) is 13.0 Å². The number of hydrogen-bond acceptors (Lipinski definition) is 7. The third-order valence-electron chi connectivity index (χ3n) is 6.63. The first kappa shape index (κ1) is 33.7. The summed E-state index contributed by atoms with van der Waals surface area (Å²) in [5.41, 5.74) is 0.920. The van der Waals surface area contributed by atoms with Gasteiger partial charge in [-0.25, -0.2) is 8.42 Å². The van der Waals surface area contributed by atoms with Gasteiger partial charge in [-0.05, 0) is 67.1 Å². The summed E-state index contributed by atoms with van der Waals surface area (Å²) in [6.07, 6.45) is -4.61. The molecule has 4 rings (SSSR count). The summed E-state index contributed by atoms with van der Waals surface area (Å²) in [5, 5.41) is 13.7. The summed E-state index contributed by atoms with van der Waals surface area (Å²) in [7, 11) is -3.71. The second-order valence-electron chi connectivity index (χ2n) is 9.79. The number of amides is 2. The average molecular weight is 661 g/mol. The van der Waals surface area contributed by atoms with Gasteiger partial charge in [-0.3, -0.25) is 14.2 Å². The second-order valence-corrected chi connectivity index (χ2v) is 12.7. The number of carbonyl (C=O) groups is 2. The molecule has 0 saturated carbocycles. The first-order chi connectivity index (χ1) is 21.3. The Morgan fingerprint density at radius 1 is 0.956 bits per heavy atom. The molecule has 0 unspecified atom stereocenters. The summed E-state index contributed by atoms with van der Waals surface area (Å²) >= 11 is 0.971. The average Bonchev–Trinajstić information content (AvgIpc) is 3.42. The van der Waals surface area contributed by atoms with E-state index in [9.17, 15) is 31.2 Å². The van der Waals surface area contributed by atoms with Gasteiger partial charge in [0.2, 0.25) is 15.9 Å². The number of sulfonamides is 1. The van der Waals surface area contributed by atoms with Crippen molar-refractivity contribution < 1.29 is 31.2 Å². The first-order valence-corrected chi connectivity index (χ1v) is 16.3. The number of anilines is 1. The molecule has 2 N–H and O–H groups in total. The van der Waals surface area contributed by atoms with Crippen molar-refractivity contribution in [2.24, 2.45) is 0 Å². The van der Waals surface area contributed by atoms with Gasteiger partial charge in [0.1, 0.15) is 0 Å². The fraction of sp³-hybridized carbons (Fsp3) is 0.267. The van der Waals surface area contributed by atoms with Crippen molar-refractivity contribution >= 4 is 39.3 Å². The molecule has 0 aliphatic heterocycles. The number of benzene rings is 3. The Bertz CT molecular complexity index is 1770. The van der Waals surface area contributed by atoms with Gasteiger partial charge >= 0.3 is 6.18 Å². The minimum atomic E-state index is -4.61. The lowest BCUT2D eigenvalue weighted by Gasteiger charge is -2.18. The minimum Gasteiger partial charge on any atom is -0.345 e. The van der Waals surface area contributed by atoms with Gasteiger partial charge in [0.15, 0.2) is 11.0 Å². The molecule has 0 fully saturated rings. The van der Waals surface area contributed by atoms with E-state index in [4.69, 9.17) is 0 Å². The lowest BCUT2D eigenvalue weighted by Crippen LogP contribution is -2.30. The minimum absolute atomic E-state index is 0.0418. The number of alkyl halides is 3. The normalized spacial score (nSPS) is 11.9. The molecule has 0 radical (unpaired) electrons. The van der Waals surface area contributed by atoms with Crippen molar-refractivity contribution in [1.29, 1.82) is 0 Å². The van der Waals surface area contributed by atoms with E-state index >= 15 is 0 Å². The van der Waals surface area contributed by atoms with E-state index in [1.54, 1.807) is 32.0 Å². The third kappa shape index (κ3) is 8.29. The number of aryl methyl sites for hydroxylation is 1. The van der Waals surface area contributed by atoms with Crippen molar-refractivity contribution in [3.63, 3.8) is 0 Å². The van der Waals surface area contributed by atoms with Crippen molar-refractivity contribution in [2.45, 2.75) is 43.5 Å². The Morgan fingerprint density at radius 2 is 1.64 bits per heavy atom. The highest BCUT2D eigenvalue weighted by atomic mass is 32.2. The zero-order valence-electron chi connectivity index (χ0n) is 24.6. The van der Waals surface area contributed by atoms with Gasteiger partial charge in [-0.1, -0.05) is 43.8 Å². The van der Waals surface area contributed by atoms with Crippen LogP contribution in [0.15, 0.2) is 82.8 Å². The third-order valence-corrected chi connectivity index (χ3v) is 9.63. The van der Waals surface area contributed by atoms with Crippen LogP contribution in [-0.4, -0.2) is 58.1 Å². The molecule has 10 nitrogen and oxygen atoms in total. The molecule has 0 aliphatic carbocycles. The number of nitrogens with zero attached hydrogens (tertiary/aromatic N) is 4. The molecule has 1 aromatic heterocycles. The molecular weight excluding hydrogens is 629 g/mol. The van der Waals surface area contributed by atoms with E-state index in [0.29, 0.717) is 18.8 Å². The molecule has 0 aliphatic rings. The van der Waals surface area contributed by atoms with Crippen LogP contribution in [0.25, 0.3) is 5.69 Å². The van der Waals surface area contributed by atoms with Crippen LogP contribution in [0.3, 0.4) is 0 Å². The van der Waals surface area contributed by atoms with Crippen molar-refractivity contribution in [3.05, 3.63) is 95.3 Å². The Labute approximate surface area is 263 Å². The largest absolute Gasteiger partial charge is 0.416 e. The first-order valence-electron chi connectivity index (χ1n) is 13.8. The highest BCUT2D eigenvalue weighted by Crippen LogP contribution is 2.32. The predicted molar refractivity (Wildman–Crippen MR) is 165 cm³/mol. The smallest absolute Gasteiger partial charge is 0.345 e. The molecule has 3 aromatic carbocycles. The SMILES string of the molecule is CCN(CC)S(=O)(=O)c1ccc(C(=O)NCc2nnc(SCC(=O)Nc3cccc(C)c3)n2-c2cccc(C(F)(F)F)c2)cc1. The summed E-state index contributed by atoms with van der Waals surface area (Å²) < 4.78 is 68.8. The molecule has 2 amide bonds. The quantitative estimate of drug-likeness (QED) is 0.198. The molecule has 1 heterocycles. The number of nitrogens with one attached hydrogen (secondary N) is 2. The van der Waals surface area contributed by atoms with Crippen LogP contribution in [0.5, 0.6) is 0 Å². The number of hydrogen-bond donors (Lipinski definition) is 2. The van der Waals surface area contributed by atoms with E-state index < -0.39 is 27.7 Å². The van der Waals surface area contributed by atoms with E-state index in [-0.39, 0.29) is 45.3 Å². The highest BCUT2D eigenvalue weighted by molar-refractivity contribution is 7.99. The Hall–Kier alpha value is -4.21. The topological polar surface area (TPSA) is 126 Å². The molecule has 238 valence electrons. The molecular formula is C30H31F3N6O4S2. The van der Waals surface area contributed by atoms with Crippen LogP contribution in [-0.2, 0) is 27.5 Å². The molecule has 0 bridgehead atoms. The molecule has 0 saturated heterocycles. The molecule has 15 heteroatoms. The van der Waals surface area contributed by atoms with Crippen LogP contribution < -0.4 is 10.6 Å². The van der Waals surface area contributed by atoms with Crippen LogP contribution in [0.1, 0.15) is 41.2 Å². The maximum absolute atomic E-state index is 13.5. The number of rotatable bonds is 12. The van der Waals surface area contributed by atoms with Gasteiger partial charge in [0, 0.05) is 24.3 Å². The monoisotopic (exact) mass is 660 g/mol. The van der Waals surface area contributed by atoms with Gasteiger partial charge in [-0.15, -0.1) is 10.2 Å². The number of halogens is 3. The van der Waals surface area contributed by atoms with Crippen LogP contribution >= 0.6 is 11.8 Å². The van der Waals surface area contributed by atoms with E-state index in [2.05, 4.69) is 20.8 Å². The van der Waals surface area contributed by atoms with Gasteiger partial charge in [0.05, 0.1) is 28.4 Å². The maximum Gasteiger partial charge on any atom is 0.416 e. The fourth-order valence-electron chi connectivity index (χ4n) is 4.39. The number of carbonyl (C=O) groups excluding carboxylic acids is 2. The van der Waals surface area contributed by atoms with Crippen LogP contribution in [0.2, 0.25) is 0 Å². The van der Waals surface area contributed by atoms with E-state index in [1.165, 1.54) is 45.3 Å². The van der Waals surface area contributed by atoms with Gasteiger partial charge < -0.3 is 10.6 Å². The maximum atomic E-state index is 13.5. The second kappa shape index (κ2) is 14.3. The zero-order chi connectivity index (χ0) is 32.8. The summed E-state index contributed by atoms with van der Waals surface area (Å²) in [6, 6.07) is 17.2. The van der Waals surface area contributed by atoms with Crippen molar-refractivity contribution in [1.82, 2.24) is 24.4 Å². The Morgan fingerprint density at radius 3 is 2.29 bits per heavy atom. The summed E-state index contributed by atoms with van der Waals surface area (Å²) in [6.45, 7) is 5.71. The molecule has 0 spiro atoms. The Kier molecular flexibility index (Phi) is 10.7. The molecule has 0 atom stereocenters. The Balaban J connectivity index is 1.54. The lowest BCUT2D eigenvalue weighted by atomic mass is 10.2. The highest BCUT2D eigenvalue weighted by Gasteiger charge is 2.31. The molecule has 4 aromatic rings. The van der Waals surface area contributed by atoms with Crippen molar-refractivity contribution in [3.8, 4) is 5.69 Å². The van der Waals surface area contributed by atoms with Crippen LogP contribution in [0.4, 0.5) is 18.9 Å². The van der Waals surface area contributed by atoms with E-state index in [0.717, 1.165) is 29.5 Å².